The first-order chi connectivity index (χ1) is 18.0. The number of fused-ring (bicyclic) bond motifs is 5. The number of pyridine rings is 3. The number of rotatable bonds is 5. The summed E-state index contributed by atoms with van der Waals surface area (Å²) >= 11 is 1.44. The summed E-state index contributed by atoms with van der Waals surface area (Å²) in [4.78, 5) is 41.5. The SMILES string of the molecule is CC(C)N1CCN(c2ccc3c(=O)c(C(=O)NCc4ccncc4)c4sc5ccccc5n4c3n2)CC1. The number of para-hydroxylation sites is 1. The lowest BCUT2D eigenvalue weighted by molar-refractivity contribution is 0.0951. The highest BCUT2D eigenvalue weighted by Gasteiger charge is 2.24. The average Bonchev–Trinajstić information content (AvgIpc) is 3.31. The van der Waals surface area contributed by atoms with Gasteiger partial charge in [-0.3, -0.25) is 23.9 Å². The average molecular weight is 513 g/mol. The molecular weight excluding hydrogens is 484 g/mol. The standard InChI is InChI=1S/C28H28N6O2S/c1-18(2)32-13-15-33(16-14-32)23-8-7-20-25(35)24(27(36)30-17-19-9-11-29-12-10-19)28-34(26(20)31-23)21-5-3-4-6-22(21)37-28/h3-12,18H,13-17H2,1-2H3,(H,30,36). The van der Waals surface area contributed by atoms with Crippen LogP contribution in [0.5, 0.6) is 0 Å². The molecule has 0 spiro atoms. The van der Waals surface area contributed by atoms with E-state index in [2.05, 4.69) is 33.9 Å². The van der Waals surface area contributed by atoms with Crippen LogP contribution in [0.25, 0.3) is 26.1 Å². The molecule has 37 heavy (non-hydrogen) atoms. The summed E-state index contributed by atoms with van der Waals surface area (Å²) in [5.74, 6) is 0.468. The number of nitrogens with zero attached hydrogens (tertiary/aromatic N) is 5. The number of hydrogen-bond donors (Lipinski definition) is 1. The predicted octanol–water partition coefficient (Wildman–Crippen LogP) is 3.92. The van der Waals surface area contributed by atoms with Gasteiger partial charge < -0.3 is 10.2 Å². The maximum absolute atomic E-state index is 13.7. The van der Waals surface area contributed by atoms with Crippen molar-refractivity contribution in [1.29, 1.82) is 0 Å². The van der Waals surface area contributed by atoms with E-state index >= 15 is 0 Å². The van der Waals surface area contributed by atoms with Gasteiger partial charge in [-0.25, -0.2) is 4.98 Å². The van der Waals surface area contributed by atoms with Crippen molar-refractivity contribution in [2.24, 2.45) is 0 Å². The van der Waals surface area contributed by atoms with E-state index < -0.39 is 0 Å². The van der Waals surface area contributed by atoms with Gasteiger partial charge in [0, 0.05) is 51.2 Å². The number of benzene rings is 1. The highest BCUT2D eigenvalue weighted by molar-refractivity contribution is 7.24. The molecule has 6 rings (SSSR count). The number of amides is 1. The first-order valence-corrected chi connectivity index (χ1v) is 13.4. The van der Waals surface area contributed by atoms with Gasteiger partial charge in [0.1, 0.15) is 16.2 Å². The van der Waals surface area contributed by atoms with E-state index in [4.69, 9.17) is 4.98 Å². The molecule has 0 radical (unpaired) electrons. The lowest BCUT2D eigenvalue weighted by atomic mass is 10.1. The molecule has 0 bridgehead atoms. The fourth-order valence-corrected chi connectivity index (χ4v) is 6.18. The van der Waals surface area contributed by atoms with Crippen LogP contribution in [0.15, 0.2) is 65.7 Å². The van der Waals surface area contributed by atoms with Crippen LogP contribution in [0, 0.1) is 0 Å². The van der Waals surface area contributed by atoms with Crippen LogP contribution in [0.3, 0.4) is 0 Å². The molecule has 0 atom stereocenters. The van der Waals surface area contributed by atoms with Gasteiger partial charge in [-0.15, -0.1) is 11.3 Å². The molecule has 8 nitrogen and oxygen atoms in total. The molecule has 4 aromatic heterocycles. The minimum atomic E-state index is -0.387. The molecule has 1 N–H and O–H groups in total. The van der Waals surface area contributed by atoms with E-state index in [0.29, 0.717) is 28.5 Å². The molecular formula is C28H28N6O2S. The Morgan fingerprint density at radius 2 is 1.78 bits per heavy atom. The van der Waals surface area contributed by atoms with E-state index in [1.165, 1.54) is 11.3 Å². The van der Waals surface area contributed by atoms with Gasteiger partial charge in [-0.05, 0) is 55.8 Å². The van der Waals surface area contributed by atoms with E-state index in [9.17, 15) is 9.59 Å². The van der Waals surface area contributed by atoms with Crippen LogP contribution >= 0.6 is 11.3 Å². The lowest BCUT2D eigenvalue weighted by Gasteiger charge is -2.37. The topological polar surface area (TPSA) is 82.8 Å². The molecule has 1 fully saturated rings. The van der Waals surface area contributed by atoms with Crippen molar-refractivity contribution < 1.29 is 4.79 Å². The Labute approximate surface area is 218 Å². The Hall–Kier alpha value is -3.82. The third-order valence-electron chi connectivity index (χ3n) is 7.07. The molecule has 1 saturated heterocycles. The molecule has 0 saturated carbocycles. The smallest absolute Gasteiger partial charge is 0.258 e. The molecule has 188 valence electrons. The Morgan fingerprint density at radius 3 is 2.54 bits per heavy atom. The van der Waals surface area contributed by atoms with Gasteiger partial charge in [-0.2, -0.15) is 0 Å². The van der Waals surface area contributed by atoms with Crippen LogP contribution < -0.4 is 15.6 Å². The second-order valence-corrected chi connectivity index (χ2v) is 10.6. The summed E-state index contributed by atoms with van der Waals surface area (Å²) in [5, 5.41) is 3.37. The molecule has 1 aliphatic heterocycles. The molecule has 5 heterocycles. The van der Waals surface area contributed by atoms with Crippen LogP contribution in [0.4, 0.5) is 5.82 Å². The van der Waals surface area contributed by atoms with Gasteiger partial charge in [0.2, 0.25) is 5.43 Å². The van der Waals surface area contributed by atoms with Crippen LogP contribution in [0.2, 0.25) is 0 Å². The van der Waals surface area contributed by atoms with Crippen molar-refractivity contribution in [2.75, 3.05) is 31.1 Å². The normalized spacial score (nSPS) is 14.7. The third-order valence-corrected chi connectivity index (χ3v) is 8.22. The monoisotopic (exact) mass is 512 g/mol. The lowest BCUT2D eigenvalue weighted by Crippen LogP contribution is -2.49. The van der Waals surface area contributed by atoms with Gasteiger partial charge in [0.25, 0.3) is 5.91 Å². The van der Waals surface area contributed by atoms with Gasteiger partial charge >= 0.3 is 0 Å². The van der Waals surface area contributed by atoms with E-state index in [-0.39, 0.29) is 16.9 Å². The second-order valence-electron chi connectivity index (χ2n) is 9.61. The number of piperazine rings is 1. The third kappa shape index (κ3) is 4.24. The number of carbonyl (C=O) groups excluding carboxylic acids is 1. The second kappa shape index (κ2) is 9.57. The largest absolute Gasteiger partial charge is 0.354 e. The molecule has 5 aromatic rings. The Balaban J connectivity index is 1.47. The van der Waals surface area contributed by atoms with Crippen LogP contribution in [-0.2, 0) is 6.54 Å². The summed E-state index contributed by atoms with van der Waals surface area (Å²) in [6.45, 7) is 8.48. The number of nitrogens with one attached hydrogen (secondary N) is 1. The fraction of sp³-hybridized carbons (Fsp3) is 0.286. The Bertz CT molecular complexity index is 1670. The number of anilines is 1. The molecule has 9 heteroatoms. The van der Waals surface area contributed by atoms with Crippen LogP contribution in [0.1, 0.15) is 29.8 Å². The summed E-state index contributed by atoms with van der Waals surface area (Å²) in [7, 11) is 0. The molecule has 1 aliphatic rings. The van der Waals surface area contributed by atoms with E-state index in [0.717, 1.165) is 47.8 Å². The first kappa shape index (κ1) is 23.6. The van der Waals surface area contributed by atoms with Gasteiger partial charge in [-0.1, -0.05) is 12.1 Å². The van der Waals surface area contributed by atoms with Gasteiger partial charge in [0.05, 0.1) is 15.6 Å². The Morgan fingerprint density at radius 1 is 1.03 bits per heavy atom. The van der Waals surface area contributed by atoms with Crippen molar-refractivity contribution in [3.8, 4) is 0 Å². The highest BCUT2D eigenvalue weighted by atomic mass is 32.1. The summed E-state index contributed by atoms with van der Waals surface area (Å²) in [6.07, 6.45) is 3.37. The quantitative estimate of drug-likeness (QED) is 0.384. The molecule has 1 amide bonds. The number of thiazole rings is 1. The summed E-state index contributed by atoms with van der Waals surface area (Å²) in [6, 6.07) is 15.9. The zero-order chi connectivity index (χ0) is 25.5. The maximum atomic E-state index is 13.7. The summed E-state index contributed by atoms with van der Waals surface area (Å²) < 4.78 is 2.97. The van der Waals surface area contributed by atoms with E-state index in [1.807, 2.05) is 52.9 Å². The number of hydrogen-bond acceptors (Lipinski definition) is 7. The molecule has 1 aromatic carbocycles. The molecule has 0 unspecified atom stereocenters. The minimum Gasteiger partial charge on any atom is -0.354 e. The van der Waals surface area contributed by atoms with Crippen molar-refractivity contribution in [3.63, 3.8) is 0 Å². The van der Waals surface area contributed by atoms with E-state index in [1.54, 1.807) is 12.4 Å². The van der Waals surface area contributed by atoms with Gasteiger partial charge in [0.15, 0.2) is 5.65 Å². The zero-order valence-corrected chi connectivity index (χ0v) is 21.7. The van der Waals surface area contributed by atoms with Crippen molar-refractivity contribution in [1.82, 2.24) is 24.6 Å². The molecule has 0 aliphatic carbocycles. The first-order valence-electron chi connectivity index (χ1n) is 12.5. The van der Waals surface area contributed by atoms with Crippen molar-refractivity contribution >= 4 is 49.1 Å². The number of aromatic nitrogens is 3. The van der Waals surface area contributed by atoms with Crippen LogP contribution in [-0.4, -0.2) is 57.4 Å². The highest BCUT2D eigenvalue weighted by Crippen LogP contribution is 2.31. The van der Waals surface area contributed by atoms with Crippen molar-refractivity contribution in [3.05, 3.63) is 82.3 Å². The predicted molar refractivity (Wildman–Crippen MR) is 149 cm³/mol. The maximum Gasteiger partial charge on any atom is 0.258 e. The zero-order valence-electron chi connectivity index (χ0n) is 20.8. The minimum absolute atomic E-state index is 0.155. The fourth-order valence-electron chi connectivity index (χ4n) is 4.99. The Kier molecular flexibility index (Phi) is 6.10. The summed E-state index contributed by atoms with van der Waals surface area (Å²) in [5.41, 5.74) is 2.30. The number of carbonyl (C=O) groups is 1. The van der Waals surface area contributed by atoms with Crippen molar-refractivity contribution in [2.45, 2.75) is 26.4 Å².